The first-order chi connectivity index (χ1) is 11.6. The van der Waals surface area contributed by atoms with Gasteiger partial charge in [-0.25, -0.2) is 0 Å². The molecular weight excluding hydrogens is 296 g/mol. The fourth-order valence-electron chi connectivity index (χ4n) is 4.79. The number of hydrogen-bond acceptors (Lipinski definition) is 2. The molecule has 3 aliphatic rings. The summed E-state index contributed by atoms with van der Waals surface area (Å²) in [6.07, 6.45) is 9.03. The van der Waals surface area contributed by atoms with E-state index in [1.807, 2.05) is 13.0 Å². The Morgan fingerprint density at radius 1 is 1.04 bits per heavy atom. The Kier molecular flexibility index (Phi) is 5.34. The van der Waals surface area contributed by atoms with Crippen LogP contribution in [0.15, 0.2) is 23.3 Å². The van der Waals surface area contributed by atoms with Gasteiger partial charge in [-0.3, -0.25) is 0 Å². The summed E-state index contributed by atoms with van der Waals surface area (Å²) in [5, 5.41) is 19.9. The zero-order chi connectivity index (χ0) is 17.3. The van der Waals surface area contributed by atoms with Crippen LogP contribution in [0.1, 0.15) is 81.4 Å². The zero-order valence-corrected chi connectivity index (χ0v) is 15.4. The van der Waals surface area contributed by atoms with E-state index >= 15 is 0 Å². The minimum absolute atomic E-state index is 0.107. The third kappa shape index (κ3) is 3.13. The molecule has 0 aromatic heterocycles. The van der Waals surface area contributed by atoms with E-state index in [1.165, 1.54) is 36.8 Å². The van der Waals surface area contributed by atoms with E-state index in [9.17, 15) is 10.2 Å². The molecule has 1 saturated carbocycles. The molecule has 3 atom stereocenters. The molecule has 0 saturated heterocycles. The van der Waals surface area contributed by atoms with Gasteiger partial charge in [-0.2, -0.15) is 0 Å². The van der Waals surface area contributed by atoms with Crippen LogP contribution in [0.2, 0.25) is 0 Å². The van der Waals surface area contributed by atoms with Crippen LogP contribution in [-0.2, 0) is 6.42 Å². The number of phenolic OH excluding ortho intramolecular Hbond substituents is 1. The zero-order valence-electron chi connectivity index (χ0n) is 15.4. The topological polar surface area (TPSA) is 40.5 Å². The van der Waals surface area contributed by atoms with E-state index in [-0.39, 0.29) is 6.10 Å². The SMILES string of the molecule is CCCC.Cc1c(O)ccc2c1CCC1=C3CC(O)CC3CCC12. The second-order valence-electron chi connectivity index (χ2n) is 7.75. The fraction of sp³-hybridized carbons (Fsp3) is 0.636. The van der Waals surface area contributed by atoms with Gasteiger partial charge in [-0.15, -0.1) is 0 Å². The predicted molar refractivity (Wildman–Crippen MR) is 99.5 cm³/mol. The molecule has 0 spiro atoms. The fourth-order valence-corrected chi connectivity index (χ4v) is 4.79. The monoisotopic (exact) mass is 328 g/mol. The number of allylic oxidation sites excluding steroid dienone is 1. The smallest absolute Gasteiger partial charge is 0.118 e. The quantitative estimate of drug-likeness (QED) is 0.678. The number of phenols is 1. The molecule has 2 heteroatoms. The van der Waals surface area contributed by atoms with E-state index in [4.69, 9.17) is 0 Å². The van der Waals surface area contributed by atoms with Crippen LogP contribution in [0.25, 0.3) is 0 Å². The van der Waals surface area contributed by atoms with E-state index in [0.717, 1.165) is 31.2 Å². The summed E-state index contributed by atoms with van der Waals surface area (Å²) in [5.41, 5.74) is 7.07. The summed E-state index contributed by atoms with van der Waals surface area (Å²) in [6.45, 7) is 6.40. The first kappa shape index (κ1) is 17.5. The van der Waals surface area contributed by atoms with Crippen molar-refractivity contribution in [3.8, 4) is 5.75 Å². The van der Waals surface area contributed by atoms with Crippen LogP contribution >= 0.6 is 0 Å². The van der Waals surface area contributed by atoms with Crippen molar-refractivity contribution in [2.24, 2.45) is 5.92 Å². The molecule has 0 radical (unpaired) electrons. The molecule has 0 amide bonds. The number of benzene rings is 1. The van der Waals surface area contributed by atoms with Gasteiger partial charge in [-0.05, 0) is 74.1 Å². The lowest BCUT2D eigenvalue weighted by atomic mass is 9.68. The third-order valence-electron chi connectivity index (χ3n) is 6.27. The molecular formula is C22H32O2. The molecule has 0 heterocycles. The minimum atomic E-state index is -0.107. The summed E-state index contributed by atoms with van der Waals surface area (Å²) in [7, 11) is 0. The van der Waals surface area contributed by atoms with E-state index in [2.05, 4.69) is 19.9 Å². The predicted octanol–water partition coefficient (Wildman–Crippen LogP) is 5.40. The Hall–Kier alpha value is -1.28. The Labute approximate surface area is 146 Å². The average Bonchev–Trinajstić information content (AvgIpc) is 2.98. The number of fused-ring (bicyclic) bond motifs is 4. The lowest BCUT2D eigenvalue weighted by Gasteiger charge is -2.36. The van der Waals surface area contributed by atoms with Crippen LogP contribution in [-0.4, -0.2) is 16.3 Å². The van der Waals surface area contributed by atoms with Gasteiger partial charge in [0.05, 0.1) is 6.10 Å². The maximum atomic E-state index is 9.96. The van der Waals surface area contributed by atoms with Crippen molar-refractivity contribution >= 4 is 0 Å². The first-order valence-corrected chi connectivity index (χ1v) is 9.77. The number of aliphatic hydroxyl groups excluding tert-OH is 1. The highest BCUT2D eigenvalue weighted by atomic mass is 16.3. The van der Waals surface area contributed by atoms with Crippen LogP contribution in [0.5, 0.6) is 5.75 Å². The van der Waals surface area contributed by atoms with Gasteiger partial charge in [0.1, 0.15) is 5.75 Å². The molecule has 4 rings (SSSR count). The number of rotatable bonds is 1. The van der Waals surface area contributed by atoms with E-state index in [1.54, 1.807) is 11.1 Å². The summed E-state index contributed by atoms with van der Waals surface area (Å²) in [4.78, 5) is 0. The van der Waals surface area contributed by atoms with Gasteiger partial charge in [0, 0.05) is 5.92 Å². The Morgan fingerprint density at radius 2 is 1.79 bits per heavy atom. The number of hydrogen-bond donors (Lipinski definition) is 2. The van der Waals surface area contributed by atoms with Gasteiger partial charge < -0.3 is 10.2 Å². The Morgan fingerprint density at radius 3 is 2.50 bits per heavy atom. The van der Waals surface area contributed by atoms with Crippen LogP contribution in [0, 0.1) is 12.8 Å². The van der Waals surface area contributed by atoms with Gasteiger partial charge in [-0.1, -0.05) is 43.9 Å². The molecule has 2 nitrogen and oxygen atoms in total. The van der Waals surface area contributed by atoms with Crippen LogP contribution < -0.4 is 0 Å². The molecule has 0 aliphatic heterocycles. The van der Waals surface area contributed by atoms with E-state index in [0.29, 0.717) is 17.6 Å². The summed E-state index contributed by atoms with van der Waals surface area (Å²) < 4.78 is 0. The molecule has 24 heavy (non-hydrogen) atoms. The molecule has 3 unspecified atom stereocenters. The molecule has 0 bridgehead atoms. The highest BCUT2D eigenvalue weighted by molar-refractivity contribution is 5.51. The van der Waals surface area contributed by atoms with Crippen molar-refractivity contribution < 1.29 is 10.2 Å². The maximum Gasteiger partial charge on any atom is 0.118 e. The van der Waals surface area contributed by atoms with Crippen molar-refractivity contribution in [2.45, 2.75) is 84.2 Å². The van der Waals surface area contributed by atoms with Crippen molar-refractivity contribution in [2.75, 3.05) is 0 Å². The Bertz CT molecular complexity index is 627. The maximum absolute atomic E-state index is 9.96. The standard InChI is InChI=1S/C18H22O2.C4H10/c1-10-13-4-5-16-15(14(13)6-7-18(10)20)3-2-11-8-12(19)9-17(11)16;1-3-4-2/h6-7,11-12,15,19-20H,2-5,8-9H2,1H3;3-4H2,1-2H3. The second kappa shape index (κ2) is 7.31. The van der Waals surface area contributed by atoms with Crippen molar-refractivity contribution in [3.05, 3.63) is 40.0 Å². The van der Waals surface area contributed by atoms with Gasteiger partial charge in [0.2, 0.25) is 0 Å². The van der Waals surface area contributed by atoms with Crippen molar-refractivity contribution in [3.63, 3.8) is 0 Å². The summed E-state index contributed by atoms with van der Waals surface area (Å²) >= 11 is 0. The molecule has 1 aromatic rings. The Balaban J connectivity index is 0.000000383. The molecule has 3 aliphatic carbocycles. The molecule has 2 N–H and O–H groups in total. The highest BCUT2D eigenvalue weighted by Crippen LogP contribution is 2.52. The number of aromatic hydroxyl groups is 1. The van der Waals surface area contributed by atoms with Gasteiger partial charge in [0.25, 0.3) is 0 Å². The summed E-state index contributed by atoms with van der Waals surface area (Å²) in [6, 6.07) is 3.99. The normalized spacial score (nSPS) is 27.8. The van der Waals surface area contributed by atoms with Crippen molar-refractivity contribution in [1.82, 2.24) is 0 Å². The second-order valence-corrected chi connectivity index (χ2v) is 7.75. The van der Waals surface area contributed by atoms with Gasteiger partial charge >= 0.3 is 0 Å². The lowest BCUT2D eigenvalue weighted by molar-refractivity contribution is 0.177. The van der Waals surface area contributed by atoms with Crippen molar-refractivity contribution in [1.29, 1.82) is 0 Å². The number of unbranched alkanes of at least 4 members (excludes halogenated alkanes) is 1. The first-order valence-electron chi connectivity index (χ1n) is 9.77. The van der Waals surface area contributed by atoms with Crippen LogP contribution in [0.3, 0.4) is 0 Å². The third-order valence-corrected chi connectivity index (χ3v) is 6.27. The minimum Gasteiger partial charge on any atom is -0.508 e. The molecule has 1 fully saturated rings. The molecule has 132 valence electrons. The summed E-state index contributed by atoms with van der Waals surface area (Å²) in [5.74, 6) is 1.63. The molecule has 1 aromatic carbocycles. The lowest BCUT2D eigenvalue weighted by Crippen LogP contribution is -2.21. The van der Waals surface area contributed by atoms with E-state index < -0.39 is 0 Å². The number of aliphatic hydroxyl groups is 1. The van der Waals surface area contributed by atoms with Crippen LogP contribution in [0.4, 0.5) is 0 Å². The largest absolute Gasteiger partial charge is 0.508 e. The van der Waals surface area contributed by atoms with Gasteiger partial charge in [0.15, 0.2) is 0 Å². The highest BCUT2D eigenvalue weighted by Gasteiger charge is 2.38. The average molecular weight is 328 g/mol.